The van der Waals surface area contributed by atoms with E-state index in [1.165, 1.54) is 11.1 Å². The highest BCUT2D eigenvalue weighted by Crippen LogP contribution is 2.29. The lowest BCUT2D eigenvalue weighted by Crippen LogP contribution is -2.24. The van der Waals surface area contributed by atoms with Crippen LogP contribution in [-0.2, 0) is 19.0 Å². The van der Waals surface area contributed by atoms with Crippen LogP contribution in [0.4, 0.5) is 4.79 Å². The van der Waals surface area contributed by atoms with Crippen LogP contribution in [-0.4, -0.2) is 57.3 Å². The van der Waals surface area contributed by atoms with Crippen molar-refractivity contribution in [2.75, 3.05) is 40.1 Å². The van der Waals surface area contributed by atoms with Crippen molar-refractivity contribution < 1.29 is 28.9 Å². The van der Waals surface area contributed by atoms with Gasteiger partial charge in [0.2, 0.25) is 0 Å². The zero-order valence-corrected chi connectivity index (χ0v) is 20.8. The van der Waals surface area contributed by atoms with Crippen LogP contribution in [0.2, 0.25) is 0 Å². The second-order valence-corrected chi connectivity index (χ2v) is 9.46. The summed E-state index contributed by atoms with van der Waals surface area (Å²) in [5.74, 6) is 0.309. The number of ether oxygens (including phenoxy) is 3. The van der Waals surface area contributed by atoms with Gasteiger partial charge in [0, 0.05) is 26.4 Å². The highest BCUT2D eigenvalue weighted by Gasteiger charge is 2.24. The van der Waals surface area contributed by atoms with E-state index in [0.29, 0.717) is 18.4 Å². The highest BCUT2D eigenvalue weighted by molar-refractivity contribution is 5.75. The van der Waals surface area contributed by atoms with Crippen LogP contribution in [0.5, 0.6) is 0 Å². The van der Waals surface area contributed by atoms with Gasteiger partial charge < -0.3 is 30.0 Å². The Hall–Kier alpha value is -2.94. The number of hydrogen-bond donors (Lipinski definition) is 3. The van der Waals surface area contributed by atoms with E-state index in [1.807, 2.05) is 24.3 Å². The first-order valence-corrected chi connectivity index (χ1v) is 12.7. The quantitative estimate of drug-likeness (QED) is 0.548. The van der Waals surface area contributed by atoms with Crippen LogP contribution in [0.1, 0.15) is 71.9 Å². The lowest BCUT2D eigenvalue weighted by Gasteiger charge is -2.22. The van der Waals surface area contributed by atoms with E-state index >= 15 is 0 Å². The monoisotopic (exact) mass is 496 g/mol. The predicted octanol–water partition coefficient (Wildman–Crippen LogP) is 4.29. The number of amides is 1. The zero-order chi connectivity index (χ0) is 25.3. The van der Waals surface area contributed by atoms with Crippen molar-refractivity contribution in [3.8, 4) is 0 Å². The maximum absolute atomic E-state index is 11.0. The van der Waals surface area contributed by atoms with Gasteiger partial charge in [0.25, 0.3) is 0 Å². The van der Waals surface area contributed by atoms with Crippen molar-refractivity contribution in [2.45, 2.75) is 49.6 Å². The van der Waals surface area contributed by atoms with E-state index in [9.17, 15) is 9.59 Å². The van der Waals surface area contributed by atoms with Gasteiger partial charge in [0.15, 0.2) is 0 Å². The standard InChI is InChI=1S/C14H17NO3.C14H19NO3/c16-14-15-13(9-18-14)12-3-1-10(2-4-12)11-5-7-17-8-6-11;1-15-13(14(16)17)12-4-2-10(3-5-12)11-6-8-18-9-7-11/h1-4,11,13H,5-9H2,(H,15,16);2-5,11,13,15H,6-9H2,1H3,(H,16,17). The van der Waals surface area contributed by atoms with E-state index in [4.69, 9.17) is 19.3 Å². The summed E-state index contributed by atoms with van der Waals surface area (Å²) >= 11 is 0. The molecule has 3 saturated heterocycles. The molecule has 3 aliphatic rings. The lowest BCUT2D eigenvalue weighted by atomic mass is 9.90. The SMILES string of the molecule is CNC(C(=O)O)c1ccc(C2CCOCC2)cc1.O=C1NC(c2ccc(C3CCOCC3)cc2)CO1. The minimum absolute atomic E-state index is 0.00115. The van der Waals surface area contributed by atoms with Gasteiger partial charge in [-0.2, -0.15) is 0 Å². The van der Waals surface area contributed by atoms with Crippen LogP contribution in [0, 0.1) is 0 Å². The summed E-state index contributed by atoms with van der Waals surface area (Å²) in [6.45, 7) is 3.79. The molecular formula is C28H36N2O6. The number of likely N-dealkylation sites (N-methyl/N-ethyl adjacent to an activating group) is 1. The van der Waals surface area contributed by atoms with E-state index in [0.717, 1.165) is 63.2 Å². The van der Waals surface area contributed by atoms with E-state index in [-0.39, 0.29) is 12.1 Å². The number of carbonyl (C=O) groups is 2. The van der Waals surface area contributed by atoms with Crippen LogP contribution < -0.4 is 10.6 Å². The Balaban J connectivity index is 0.000000169. The first-order chi connectivity index (χ1) is 17.5. The molecule has 5 rings (SSSR count). The molecular weight excluding hydrogens is 460 g/mol. The summed E-state index contributed by atoms with van der Waals surface area (Å²) in [6.07, 6.45) is 3.97. The molecule has 0 aliphatic carbocycles. The average Bonchev–Trinajstić information content (AvgIpc) is 3.37. The predicted molar refractivity (Wildman–Crippen MR) is 135 cm³/mol. The molecule has 8 nitrogen and oxygen atoms in total. The Kier molecular flexibility index (Phi) is 9.33. The molecule has 2 atom stereocenters. The fourth-order valence-corrected chi connectivity index (χ4v) is 5.02. The van der Waals surface area contributed by atoms with Crippen molar-refractivity contribution in [1.29, 1.82) is 0 Å². The third-order valence-corrected chi connectivity index (χ3v) is 7.20. The molecule has 0 aromatic heterocycles. The first-order valence-electron chi connectivity index (χ1n) is 12.7. The topological polar surface area (TPSA) is 106 Å². The van der Waals surface area contributed by atoms with Crippen LogP contribution in [0.15, 0.2) is 48.5 Å². The number of carbonyl (C=O) groups excluding carboxylic acids is 1. The zero-order valence-electron chi connectivity index (χ0n) is 20.8. The van der Waals surface area contributed by atoms with Crippen LogP contribution in [0.3, 0.4) is 0 Å². The molecule has 2 aromatic rings. The molecule has 2 aromatic carbocycles. The summed E-state index contributed by atoms with van der Waals surface area (Å²) < 4.78 is 15.6. The normalized spacial score (nSPS) is 21.6. The van der Waals surface area contributed by atoms with Gasteiger partial charge >= 0.3 is 12.1 Å². The summed E-state index contributed by atoms with van der Waals surface area (Å²) in [6, 6.07) is 15.8. The number of carboxylic acids is 1. The highest BCUT2D eigenvalue weighted by atomic mass is 16.6. The fraction of sp³-hybridized carbons (Fsp3) is 0.500. The van der Waals surface area contributed by atoms with E-state index in [1.54, 1.807) is 7.05 Å². The molecule has 8 heteroatoms. The van der Waals surface area contributed by atoms with Gasteiger partial charge in [-0.25, -0.2) is 4.79 Å². The average molecular weight is 497 g/mol. The molecule has 2 unspecified atom stereocenters. The molecule has 0 bridgehead atoms. The number of rotatable bonds is 6. The summed E-state index contributed by atoms with van der Waals surface area (Å²) in [5.41, 5.74) is 4.55. The number of hydrogen-bond acceptors (Lipinski definition) is 6. The molecule has 3 N–H and O–H groups in total. The second kappa shape index (κ2) is 12.9. The number of benzene rings is 2. The minimum atomic E-state index is -0.851. The second-order valence-electron chi connectivity index (χ2n) is 9.46. The number of alkyl carbamates (subject to hydrolysis) is 1. The van der Waals surface area contributed by atoms with Gasteiger partial charge in [-0.1, -0.05) is 48.5 Å². The Morgan fingerprint density at radius 3 is 1.75 bits per heavy atom. The van der Waals surface area contributed by atoms with Gasteiger partial charge in [0.1, 0.15) is 12.6 Å². The first kappa shape index (κ1) is 26.1. The molecule has 0 saturated carbocycles. The Morgan fingerprint density at radius 1 is 0.861 bits per heavy atom. The number of carboxylic acid groups (broad SMARTS) is 1. The van der Waals surface area contributed by atoms with Crippen molar-refractivity contribution in [3.63, 3.8) is 0 Å². The van der Waals surface area contributed by atoms with Crippen molar-refractivity contribution >= 4 is 12.1 Å². The van der Waals surface area contributed by atoms with Crippen molar-refractivity contribution in [3.05, 3.63) is 70.8 Å². The number of cyclic esters (lactones) is 1. The van der Waals surface area contributed by atoms with Gasteiger partial charge in [0.05, 0.1) is 6.04 Å². The van der Waals surface area contributed by atoms with Crippen molar-refractivity contribution in [2.24, 2.45) is 0 Å². The molecule has 0 radical (unpaired) electrons. The maximum atomic E-state index is 11.0. The number of nitrogens with one attached hydrogen (secondary N) is 2. The van der Waals surface area contributed by atoms with Gasteiger partial charge in [-0.3, -0.25) is 4.79 Å². The Labute approximate surface area is 212 Å². The summed E-state index contributed by atoms with van der Waals surface area (Å²) in [5, 5.41) is 14.7. The minimum Gasteiger partial charge on any atom is -0.480 e. The van der Waals surface area contributed by atoms with E-state index in [2.05, 4.69) is 34.9 Å². The Morgan fingerprint density at radius 2 is 1.33 bits per heavy atom. The van der Waals surface area contributed by atoms with E-state index < -0.39 is 12.0 Å². The molecule has 3 aliphatic heterocycles. The molecule has 3 fully saturated rings. The maximum Gasteiger partial charge on any atom is 0.407 e. The van der Waals surface area contributed by atoms with Gasteiger partial charge in [-0.05, 0) is 66.8 Å². The molecule has 1 amide bonds. The van der Waals surface area contributed by atoms with Gasteiger partial charge in [-0.15, -0.1) is 0 Å². The summed E-state index contributed by atoms with van der Waals surface area (Å²) in [7, 11) is 1.66. The lowest BCUT2D eigenvalue weighted by molar-refractivity contribution is -0.139. The fourth-order valence-electron chi connectivity index (χ4n) is 5.02. The molecule has 3 heterocycles. The number of aliphatic carboxylic acids is 1. The molecule has 36 heavy (non-hydrogen) atoms. The Bertz CT molecular complexity index is 982. The van der Waals surface area contributed by atoms with Crippen LogP contribution >= 0.6 is 0 Å². The molecule has 194 valence electrons. The van der Waals surface area contributed by atoms with Crippen LogP contribution in [0.25, 0.3) is 0 Å². The third-order valence-electron chi connectivity index (χ3n) is 7.20. The third kappa shape index (κ3) is 6.84. The van der Waals surface area contributed by atoms with Crippen molar-refractivity contribution in [1.82, 2.24) is 10.6 Å². The smallest absolute Gasteiger partial charge is 0.407 e. The summed E-state index contributed by atoms with van der Waals surface area (Å²) in [4.78, 5) is 22.0. The largest absolute Gasteiger partial charge is 0.480 e. The molecule has 0 spiro atoms.